The SMILES string of the molecule is NC(=O)C1=CCC[C@@H]2CC[C@H]1N2. The van der Waals surface area contributed by atoms with Crippen LogP contribution in [0.15, 0.2) is 11.6 Å². The van der Waals surface area contributed by atoms with Crippen molar-refractivity contribution in [3.05, 3.63) is 11.6 Å². The fraction of sp³-hybridized carbons (Fsp3) is 0.667. The maximum Gasteiger partial charge on any atom is 0.245 e. The summed E-state index contributed by atoms with van der Waals surface area (Å²) in [6.45, 7) is 0. The molecular weight excluding hydrogens is 152 g/mol. The molecule has 2 aliphatic heterocycles. The minimum Gasteiger partial charge on any atom is -0.366 e. The number of hydrogen-bond donors (Lipinski definition) is 2. The standard InChI is InChI=1S/C9H14N2O/c10-9(12)7-3-1-2-6-4-5-8(7)11-6/h3,6,8,11H,1-2,4-5H2,(H2,10,12)/t6-,8-/m1/s1. The van der Waals surface area contributed by atoms with Crippen LogP contribution in [0, 0.1) is 0 Å². The number of carbonyl (C=O) groups is 1. The Hall–Kier alpha value is -0.830. The third-order valence-electron chi connectivity index (χ3n) is 2.78. The average Bonchev–Trinajstić information content (AvgIpc) is 2.30. The van der Waals surface area contributed by atoms with Crippen molar-refractivity contribution in [1.29, 1.82) is 0 Å². The topological polar surface area (TPSA) is 55.1 Å². The van der Waals surface area contributed by atoms with E-state index >= 15 is 0 Å². The summed E-state index contributed by atoms with van der Waals surface area (Å²) in [7, 11) is 0. The van der Waals surface area contributed by atoms with Gasteiger partial charge < -0.3 is 11.1 Å². The third-order valence-corrected chi connectivity index (χ3v) is 2.78. The van der Waals surface area contributed by atoms with Crippen LogP contribution >= 0.6 is 0 Å². The quantitative estimate of drug-likeness (QED) is 0.589. The summed E-state index contributed by atoms with van der Waals surface area (Å²) in [4.78, 5) is 11.0. The molecule has 0 radical (unpaired) electrons. The number of hydrogen-bond acceptors (Lipinski definition) is 2. The molecule has 3 N–H and O–H groups in total. The van der Waals surface area contributed by atoms with Crippen LogP contribution in [0.1, 0.15) is 25.7 Å². The van der Waals surface area contributed by atoms with Crippen LogP contribution in [-0.2, 0) is 4.79 Å². The average molecular weight is 166 g/mol. The Bertz CT molecular complexity index is 235. The van der Waals surface area contributed by atoms with Crippen molar-refractivity contribution < 1.29 is 4.79 Å². The Morgan fingerprint density at radius 2 is 2.33 bits per heavy atom. The molecule has 2 atom stereocenters. The monoisotopic (exact) mass is 166 g/mol. The second-order valence-corrected chi connectivity index (χ2v) is 3.59. The number of rotatable bonds is 1. The highest BCUT2D eigenvalue weighted by Gasteiger charge is 2.30. The molecule has 2 heterocycles. The molecule has 2 aliphatic rings. The van der Waals surface area contributed by atoms with Gasteiger partial charge in [0.05, 0.1) is 0 Å². The molecular formula is C9H14N2O. The van der Waals surface area contributed by atoms with Crippen molar-refractivity contribution in [2.45, 2.75) is 37.8 Å². The molecule has 0 aromatic heterocycles. The van der Waals surface area contributed by atoms with Crippen molar-refractivity contribution in [2.24, 2.45) is 5.73 Å². The van der Waals surface area contributed by atoms with E-state index in [0.29, 0.717) is 6.04 Å². The van der Waals surface area contributed by atoms with Crippen molar-refractivity contribution in [1.82, 2.24) is 5.32 Å². The fourth-order valence-electron chi connectivity index (χ4n) is 2.15. The van der Waals surface area contributed by atoms with E-state index in [1.165, 1.54) is 6.42 Å². The number of amides is 1. The van der Waals surface area contributed by atoms with Gasteiger partial charge in [0.15, 0.2) is 0 Å². The second-order valence-electron chi connectivity index (χ2n) is 3.59. The minimum absolute atomic E-state index is 0.245. The number of primary amides is 1. The molecule has 1 fully saturated rings. The lowest BCUT2D eigenvalue weighted by Crippen LogP contribution is -2.33. The van der Waals surface area contributed by atoms with E-state index in [1.54, 1.807) is 0 Å². The molecule has 66 valence electrons. The van der Waals surface area contributed by atoms with Gasteiger partial charge in [0, 0.05) is 17.7 Å². The van der Waals surface area contributed by atoms with Gasteiger partial charge in [0.1, 0.15) is 0 Å². The Morgan fingerprint density at radius 1 is 1.50 bits per heavy atom. The van der Waals surface area contributed by atoms with Crippen molar-refractivity contribution in [2.75, 3.05) is 0 Å². The Morgan fingerprint density at radius 3 is 3.08 bits per heavy atom. The van der Waals surface area contributed by atoms with E-state index in [2.05, 4.69) is 5.32 Å². The van der Waals surface area contributed by atoms with Crippen LogP contribution in [0.4, 0.5) is 0 Å². The molecule has 3 nitrogen and oxygen atoms in total. The number of carbonyl (C=O) groups excluding carboxylic acids is 1. The largest absolute Gasteiger partial charge is 0.366 e. The van der Waals surface area contributed by atoms with Gasteiger partial charge in [-0.25, -0.2) is 0 Å². The van der Waals surface area contributed by atoms with Crippen molar-refractivity contribution >= 4 is 5.91 Å². The summed E-state index contributed by atoms with van der Waals surface area (Å²) >= 11 is 0. The summed E-state index contributed by atoms with van der Waals surface area (Å²) in [5.41, 5.74) is 6.07. The van der Waals surface area contributed by atoms with Gasteiger partial charge in [-0.3, -0.25) is 4.79 Å². The van der Waals surface area contributed by atoms with Crippen LogP contribution in [0.25, 0.3) is 0 Å². The summed E-state index contributed by atoms with van der Waals surface area (Å²) in [5.74, 6) is -0.255. The van der Waals surface area contributed by atoms with Crippen LogP contribution in [-0.4, -0.2) is 18.0 Å². The minimum atomic E-state index is -0.255. The molecule has 0 unspecified atom stereocenters. The Labute approximate surface area is 72.0 Å². The molecule has 2 rings (SSSR count). The first-order valence-corrected chi connectivity index (χ1v) is 4.53. The van der Waals surface area contributed by atoms with Gasteiger partial charge >= 0.3 is 0 Å². The van der Waals surface area contributed by atoms with Crippen LogP contribution in [0.3, 0.4) is 0 Å². The van der Waals surface area contributed by atoms with Gasteiger partial charge in [0.25, 0.3) is 0 Å². The van der Waals surface area contributed by atoms with Gasteiger partial charge in [-0.2, -0.15) is 0 Å². The number of fused-ring (bicyclic) bond motifs is 2. The predicted octanol–water partition coefficient (Wildman–Crippen LogP) is 0.312. The summed E-state index contributed by atoms with van der Waals surface area (Å²) in [6.07, 6.45) is 6.40. The second kappa shape index (κ2) is 2.90. The van der Waals surface area contributed by atoms with Crippen LogP contribution in [0.2, 0.25) is 0 Å². The highest BCUT2D eigenvalue weighted by Crippen LogP contribution is 2.25. The van der Waals surface area contributed by atoms with E-state index < -0.39 is 0 Å². The van der Waals surface area contributed by atoms with E-state index in [-0.39, 0.29) is 11.9 Å². The molecule has 0 aromatic carbocycles. The zero-order valence-corrected chi connectivity index (χ0v) is 7.05. The summed E-state index contributed by atoms with van der Waals surface area (Å²) in [5, 5.41) is 3.42. The molecule has 1 saturated heterocycles. The van der Waals surface area contributed by atoms with E-state index in [9.17, 15) is 4.79 Å². The lowest BCUT2D eigenvalue weighted by molar-refractivity contribution is -0.114. The molecule has 0 spiro atoms. The molecule has 12 heavy (non-hydrogen) atoms. The van der Waals surface area contributed by atoms with E-state index in [1.807, 2.05) is 6.08 Å². The van der Waals surface area contributed by atoms with Crippen molar-refractivity contribution in [3.63, 3.8) is 0 Å². The number of nitrogens with two attached hydrogens (primary N) is 1. The zero-order chi connectivity index (χ0) is 8.55. The number of allylic oxidation sites excluding steroid dienone is 1. The molecule has 0 aliphatic carbocycles. The molecule has 0 saturated carbocycles. The summed E-state index contributed by atoms with van der Waals surface area (Å²) in [6, 6.07) is 0.859. The highest BCUT2D eigenvalue weighted by molar-refractivity contribution is 5.93. The van der Waals surface area contributed by atoms with Gasteiger partial charge in [-0.15, -0.1) is 0 Å². The molecule has 2 bridgehead atoms. The Kier molecular flexibility index (Phi) is 1.89. The predicted molar refractivity (Wildman–Crippen MR) is 46.5 cm³/mol. The highest BCUT2D eigenvalue weighted by atomic mass is 16.1. The first-order chi connectivity index (χ1) is 5.77. The van der Waals surface area contributed by atoms with E-state index in [4.69, 9.17) is 5.73 Å². The lowest BCUT2D eigenvalue weighted by atomic mass is 10.00. The van der Waals surface area contributed by atoms with Crippen molar-refractivity contribution in [3.8, 4) is 0 Å². The molecule has 1 amide bonds. The third kappa shape index (κ3) is 1.25. The van der Waals surface area contributed by atoms with Crippen LogP contribution < -0.4 is 11.1 Å². The van der Waals surface area contributed by atoms with Gasteiger partial charge in [-0.05, 0) is 25.7 Å². The van der Waals surface area contributed by atoms with E-state index in [0.717, 1.165) is 24.8 Å². The Balaban J connectivity index is 2.20. The van der Waals surface area contributed by atoms with Crippen LogP contribution in [0.5, 0.6) is 0 Å². The maximum absolute atomic E-state index is 11.0. The summed E-state index contributed by atoms with van der Waals surface area (Å²) < 4.78 is 0. The lowest BCUT2D eigenvalue weighted by Gasteiger charge is -2.10. The number of nitrogens with one attached hydrogen (secondary N) is 1. The van der Waals surface area contributed by atoms with Gasteiger partial charge in [0.2, 0.25) is 5.91 Å². The fourth-order valence-corrected chi connectivity index (χ4v) is 2.15. The maximum atomic E-state index is 11.0. The smallest absolute Gasteiger partial charge is 0.245 e. The first-order valence-electron chi connectivity index (χ1n) is 4.53. The first kappa shape index (κ1) is 7.80. The molecule has 0 aromatic rings. The zero-order valence-electron chi connectivity index (χ0n) is 7.05. The normalized spacial score (nSPS) is 34.2. The molecule has 3 heteroatoms. The van der Waals surface area contributed by atoms with Gasteiger partial charge in [-0.1, -0.05) is 6.08 Å².